The summed E-state index contributed by atoms with van der Waals surface area (Å²) in [7, 11) is 1.37. The van der Waals surface area contributed by atoms with E-state index in [1.807, 2.05) is 24.3 Å². The Bertz CT molecular complexity index is 502. The maximum absolute atomic E-state index is 11.2. The van der Waals surface area contributed by atoms with Crippen molar-refractivity contribution in [3.8, 4) is 10.4 Å². The molecule has 0 fully saturated rings. The van der Waals surface area contributed by atoms with E-state index in [2.05, 4.69) is 4.74 Å². The van der Waals surface area contributed by atoms with Crippen LogP contribution in [0.2, 0.25) is 4.34 Å². The molecule has 16 heavy (non-hydrogen) atoms. The van der Waals surface area contributed by atoms with Crippen LogP contribution in [0.5, 0.6) is 0 Å². The summed E-state index contributed by atoms with van der Waals surface area (Å²) in [5.41, 5.74) is 1.60. The monoisotopic (exact) mass is 252 g/mol. The van der Waals surface area contributed by atoms with Gasteiger partial charge in [-0.05, 0) is 29.8 Å². The van der Waals surface area contributed by atoms with E-state index in [1.54, 1.807) is 12.1 Å². The number of esters is 1. The molecule has 0 aliphatic rings. The Morgan fingerprint density at radius 3 is 2.38 bits per heavy atom. The molecule has 1 heterocycles. The molecular formula is C12H9ClO2S. The van der Waals surface area contributed by atoms with Crippen molar-refractivity contribution >= 4 is 28.9 Å². The maximum Gasteiger partial charge on any atom is 0.337 e. The fraction of sp³-hybridized carbons (Fsp3) is 0.0833. The van der Waals surface area contributed by atoms with E-state index < -0.39 is 0 Å². The molecule has 0 amide bonds. The molecule has 1 aromatic carbocycles. The van der Waals surface area contributed by atoms with Crippen molar-refractivity contribution in [3.05, 3.63) is 46.3 Å². The second-order valence-corrected chi connectivity index (χ2v) is 4.89. The molecule has 82 valence electrons. The maximum atomic E-state index is 11.2. The van der Waals surface area contributed by atoms with E-state index >= 15 is 0 Å². The lowest BCUT2D eigenvalue weighted by atomic mass is 10.1. The van der Waals surface area contributed by atoms with Gasteiger partial charge < -0.3 is 4.74 Å². The molecule has 2 nitrogen and oxygen atoms in total. The van der Waals surface area contributed by atoms with Crippen LogP contribution < -0.4 is 0 Å². The van der Waals surface area contributed by atoms with Crippen molar-refractivity contribution in [3.63, 3.8) is 0 Å². The van der Waals surface area contributed by atoms with Crippen molar-refractivity contribution in [2.24, 2.45) is 0 Å². The largest absolute Gasteiger partial charge is 0.465 e. The number of carbonyl (C=O) groups excluding carboxylic acids is 1. The fourth-order valence-corrected chi connectivity index (χ4v) is 2.41. The van der Waals surface area contributed by atoms with Crippen LogP contribution >= 0.6 is 22.9 Å². The van der Waals surface area contributed by atoms with Crippen LogP contribution in [-0.4, -0.2) is 13.1 Å². The summed E-state index contributed by atoms with van der Waals surface area (Å²) in [6.45, 7) is 0. The van der Waals surface area contributed by atoms with Crippen molar-refractivity contribution in [2.75, 3.05) is 7.11 Å². The number of ether oxygens (including phenoxy) is 1. The first-order valence-electron chi connectivity index (χ1n) is 4.65. The number of methoxy groups -OCH3 is 1. The number of benzene rings is 1. The third-order valence-electron chi connectivity index (χ3n) is 2.16. The number of carbonyl (C=O) groups is 1. The molecule has 0 spiro atoms. The van der Waals surface area contributed by atoms with Gasteiger partial charge >= 0.3 is 5.97 Å². The molecule has 0 N–H and O–H groups in total. The molecular weight excluding hydrogens is 244 g/mol. The van der Waals surface area contributed by atoms with Gasteiger partial charge in [0.05, 0.1) is 17.0 Å². The van der Waals surface area contributed by atoms with E-state index in [-0.39, 0.29) is 5.97 Å². The van der Waals surface area contributed by atoms with Gasteiger partial charge in [-0.25, -0.2) is 4.79 Å². The third kappa shape index (κ3) is 2.26. The Labute approximate surface area is 102 Å². The number of halogens is 1. The van der Waals surface area contributed by atoms with Gasteiger partial charge in [-0.1, -0.05) is 23.7 Å². The van der Waals surface area contributed by atoms with E-state index in [0.29, 0.717) is 5.56 Å². The average molecular weight is 253 g/mol. The van der Waals surface area contributed by atoms with Gasteiger partial charge in [-0.2, -0.15) is 0 Å². The van der Waals surface area contributed by atoms with Crippen molar-refractivity contribution in [1.29, 1.82) is 0 Å². The molecule has 0 aliphatic heterocycles. The zero-order chi connectivity index (χ0) is 11.5. The van der Waals surface area contributed by atoms with Crippen LogP contribution in [0, 0.1) is 0 Å². The van der Waals surface area contributed by atoms with Gasteiger partial charge in [-0.15, -0.1) is 11.3 Å². The lowest BCUT2D eigenvalue weighted by Gasteiger charge is -2.00. The highest BCUT2D eigenvalue weighted by Gasteiger charge is 2.06. The van der Waals surface area contributed by atoms with Gasteiger partial charge in [0.25, 0.3) is 0 Å². The standard InChI is InChI=1S/C12H9ClO2S/c1-15-12(14)9-4-2-8(3-5-9)10-6-7-11(13)16-10/h2-7H,1H3. The Kier molecular flexibility index (Phi) is 3.27. The van der Waals surface area contributed by atoms with Crippen LogP contribution in [0.25, 0.3) is 10.4 Å². The number of rotatable bonds is 2. The second kappa shape index (κ2) is 4.68. The highest BCUT2D eigenvalue weighted by molar-refractivity contribution is 7.19. The lowest BCUT2D eigenvalue weighted by Crippen LogP contribution is -2.00. The summed E-state index contributed by atoms with van der Waals surface area (Å²) in [6.07, 6.45) is 0. The van der Waals surface area contributed by atoms with E-state index in [1.165, 1.54) is 18.4 Å². The van der Waals surface area contributed by atoms with Gasteiger partial charge in [0.2, 0.25) is 0 Å². The van der Waals surface area contributed by atoms with Gasteiger partial charge in [-0.3, -0.25) is 0 Å². The molecule has 0 aliphatic carbocycles. The van der Waals surface area contributed by atoms with Gasteiger partial charge in [0, 0.05) is 4.88 Å². The minimum Gasteiger partial charge on any atom is -0.465 e. The number of hydrogen-bond acceptors (Lipinski definition) is 3. The van der Waals surface area contributed by atoms with Crippen molar-refractivity contribution < 1.29 is 9.53 Å². The SMILES string of the molecule is COC(=O)c1ccc(-c2ccc(Cl)s2)cc1. The molecule has 0 radical (unpaired) electrons. The van der Waals surface area contributed by atoms with Gasteiger partial charge in [0.15, 0.2) is 0 Å². The predicted molar refractivity (Wildman–Crippen MR) is 66.1 cm³/mol. The normalized spacial score (nSPS) is 10.1. The number of thiophene rings is 1. The highest BCUT2D eigenvalue weighted by atomic mass is 35.5. The molecule has 1 aromatic heterocycles. The molecule has 0 unspecified atom stereocenters. The van der Waals surface area contributed by atoms with Crippen LogP contribution in [0.1, 0.15) is 10.4 Å². The minimum absolute atomic E-state index is 0.323. The highest BCUT2D eigenvalue weighted by Crippen LogP contribution is 2.30. The quantitative estimate of drug-likeness (QED) is 0.759. The first-order valence-corrected chi connectivity index (χ1v) is 5.84. The molecule has 0 saturated carbocycles. The second-order valence-electron chi connectivity index (χ2n) is 3.17. The first kappa shape index (κ1) is 11.2. The average Bonchev–Trinajstić information content (AvgIpc) is 2.75. The Morgan fingerprint density at radius 2 is 1.88 bits per heavy atom. The Morgan fingerprint density at radius 1 is 1.19 bits per heavy atom. The molecule has 0 bridgehead atoms. The molecule has 4 heteroatoms. The summed E-state index contributed by atoms with van der Waals surface area (Å²) in [5.74, 6) is -0.323. The summed E-state index contributed by atoms with van der Waals surface area (Å²) < 4.78 is 5.39. The van der Waals surface area contributed by atoms with Crippen molar-refractivity contribution in [1.82, 2.24) is 0 Å². The topological polar surface area (TPSA) is 26.3 Å². The Hall–Kier alpha value is -1.32. The zero-order valence-corrected chi connectivity index (χ0v) is 10.1. The Balaban J connectivity index is 2.29. The molecule has 2 aromatic rings. The number of hydrogen-bond donors (Lipinski definition) is 0. The summed E-state index contributed by atoms with van der Waals surface area (Å²) in [6, 6.07) is 11.1. The van der Waals surface area contributed by atoms with Crippen LogP contribution in [-0.2, 0) is 4.74 Å². The van der Waals surface area contributed by atoms with Crippen LogP contribution in [0.3, 0.4) is 0 Å². The predicted octanol–water partition coefficient (Wildman–Crippen LogP) is 3.86. The summed E-state index contributed by atoms with van der Waals surface area (Å²) in [4.78, 5) is 12.3. The molecule has 2 rings (SSSR count). The molecule has 0 saturated heterocycles. The van der Waals surface area contributed by atoms with E-state index in [0.717, 1.165) is 14.8 Å². The summed E-state index contributed by atoms with van der Waals surface area (Å²) >= 11 is 7.37. The van der Waals surface area contributed by atoms with E-state index in [9.17, 15) is 4.79 Å². The van der Waals surface area contributed by atoms with Gasteiger partial charge in [0.1, 0.15) is 0 Å². The minimum atomic E-state index is -0.323. The lowest BCUT2D eigenvalue weighted by molar-refractivity contribution is 0.0601. The summed E-state index contributed by atoms with van der Waals surface area (Å²) in [5, 5.41) is 0. The smallest absolute Gasteiger partial charge is 0.337 e. The first-order chi connectivity index (χ1) is 7.70. The van der Waals surface area contributed by atoms with E-state index in [4.69, 9.17) is 11.6 Å². The van der Waals surface area contributed by atoms with Crippen LogP contribution in [0.15, 0.2) is 36.4 Å². The van der Waals surface area contributed by atoms with Crippen LogP contribution in [0.4, 0.5) is 0 Å². The zero-order valence-electron chi connectivity index (χ0n) is 8.57. The molecule has 0 atom stereocenters. The van der Waals surface area contributed by atoms with Crippen molar-refractivity contribution in [2.45, 2.75) is 0 Å². The fourth-order valence-electron chi connectivity index (χ4n) is 1.36. The third-order valence-corrected chi connectivity index (χ3v) is 3.44.